The standard InChI is InChI=1S/C18H18FNO2S/c1-12-7-9-13(10-8-12)11-16(18(21)22-2)20-17(23)14-5-3-4-6-15(14)19/h3-10,16H,11H2,1-2H3,(H,20,23). The molecule has 0 aliphatic carbocycles. The van der Waals surface area contributed by atoms with Crippen LogP contribution < -0.4 is 5.32 Å². The Kier molecular flexibility index (Phi) is 5.82. The molecular formula is C18H18FNO2S. The molecular weight excluding hydrogens is 313 g/mol. The largest absolute Gasteiger partial charge is 0.467 e. The van der Waals surface area contributed by atoms with Crippen LogP contribution >= 0.6 is 12.2 Å². The van der Waals surface area contributed by atoms with Gasteiger partial charge in [0.1, 0.15) is 16.8 Å². The number of methoxy groups -OCH3 is 1. The maximum atomic E-state index is 13.8. The van der Waals surface area contributed by atoms with Gasteiger partial charge in [0.05, 0.1) is 7.11 Å². The number of aryl methyl sites for hydroxylation is 1. The second kappa shape index (κ2) is 7.83. The van der Waals surface area contributed by atoms with E-state index in [0.717, 1.165) is 11.1 Å². The fraction of sp³-hybridized carbons (Fsp3) is 0.222. The van der Waals surface area contributed by atoms with Gasteiger partial charge < -0.3 is 10.1 Å². The molecule has 0 spiro atoms. The summed E-state index contributed by atoms with van der Waals surface area (Å²) in [5, 5.41) is 2.90. The summed E-state index contributed by atoms with van der Waals surface area (Å²) in [6, 6.07) is 13.3. The number of esters is 1. The van der Waals surface area contributed by atoms with Gasteiger partial charge in [-0.25, -0.2) is 9.18 Å². The topological polar surface area (TPSA) is 38.3 Å². The number of hydrogen-bond donors (Lipinski definition) is 1. The van der Waals surface area contributed by atoms with E-state index in [1.54, 1.807) is 18.2 Å². The van der Waals surface area contributed by atoms with Crippen LogP contribution in [0.5, 0.6) is 0 Å². The first-order chi connectivity index (χ1) is 11.0. The zero-order chi connectivity index (χ0) is 16.8. The molecule has 0 aliphatic heterocycles. The Morgan fingerprint density at radius 2 is 1.87 bits per heavy atom. The van der Waals surface area contributed by atoms with E-state index in [1.165, 1.54) is 13.2 Å². The van der Waals surface area contributed by atoms with Crippen LogP contribution in [0.15, 0.2) is 48.5 Å². The quantitative estimate of drug-likeness (QED) is 0.675. The van der Waals surface area contributed by atoms with Crippen LogP contribution in [0, 0.1) is 12.7 Å². The SMILES string of the molecule is COC(=O)C(Cc1ccc(C)cc1)NC(=S)c1ccccc1F. The number of nitrogens with one attached hydrogen (secondary N) is 1. The van der Waals surface area contributed by atoms with Crippen molar-refractivity contribution in [2.75, 3.05) is 7.11 Å². The van der Waals surface area contributed by atoms with Gasteiger partial charge in [-0.15, -0.1) is 0 Å². The summed E-state index contributed by atoms with van der Waals surface area (Å²) in [6.07, 6.45) is 0.404. The normalized spacial score (nSPS) is 11.6. The molecule has 2 rings (SSSR count). The summed E-state index contributed by atoms with van der Waals surface area (Å²) in [5.41, 5.74) is 2.37. The maximum absolute atomic E-state index is 13.8. The molecule has 0 saturated heterocycles. The number of hydrogen-bond acceptors (Lipinski definition) is 3. The first-order valence-corrected chi connectivity index (χ1v) is 7.61. The zero-order valence-electron chi connectivity index (χ0n) is 13.0. The van der Waals surface area contributed by atoms with Crippen LogP contribution in [0.25, 0.3) is 0 Å². The molecule has 0 fully saturated rings. The van der Waals surface area contributed by atoms with Crippen molar-refractivity contribution in [3.8, 4) is 0 Å². The van der Waals surface area contributed by atoms with Crippen LogP contribution in [0.2, 0.25) is 0 Å². The van der Waals surface area contributed by atoms with E-state index in [1.807, 2.05) is 31.2 Å². The average Bonchev–Trinajstić information content (AvgIpc) is 2.55. The Labute approximate surface area is 140 Å². The molecule has 0 heterocycles. The number of halogens is 1. The highest BCUT2D eigenvalue weighted by Crippen LogP contribution is 2.11. The smallest absolute Gasteiger partial charge is 0.328 e. The van der Waals surface area contributed by atoms with Crippen LogP contribution in [0.1, 0.15) is 16.7 Å². The third-order valence-electron chi connectivity index (χ3n) is 3.47. The molecule has 23 heavy (non-hydrogen) atoms. The predicted molar refractivity (Wildman–Crippen MR) is 91.9 cm³/mol. The first kappa shape index (κ1) is 17.1. The van der Waals surface area contributed by atoms with E-state index in [0.29, 0.717) is 6.42 Å². The Morgan fingerprint density at radius 1 is 1.22 bits per heavy atom. The molecule has 3 nitrogen and oxygen atoms in total. The minimum atomic E-state index is -0.671. The fourth-order valence-electron chi connectivity index (χ4n) is 2.18. The highest BCUT2D eigenvalue weighted by Gasteiger charge is 2.22. The molecule has 0 aromatic heterocycles. The van der Waals surface area contributed by atoms with Gasteiger partial charge in [0.2, 0.25) is 0 Å². The first-order valence-electron chi connectivity index (χ1n) is 7.20. The van der Waals surface area contributed by atoms with Crippen LogP contribution in [-0.2, 0) is 16.0 Å². The number of thiocarbonyl (C=S) groups is 1. The molecule has 2 aromatic rings. The minimum absolute atomic E-state index is 0.186. The second-order valence-electron chi connectivity index (χ2n) is 5.22. The molecule has 2 aromatic carbocycles. The lowest BCUT2D eigenvalue weighted by Crippen LogP contribution is -2.42. The molecule has 5 heteroatoms. The van der Waals surface area contributed by atoms with E-state index < -0.39 is 17.8 Å². The summed E-state index contributed by atoms with van der Waals surface area (Å²) >= 11 is 5.23. The summed E-state index contributed by atoms with van der Waals surface area (Å²) in [7, 11) is 1.32. The van der Waals surface area contributed by atoms with Crippen molar-refractivity contribution in [2.45, 2.75) is 19.4 Å². The lowest BCUT2D eigenvalue weighted by atomic mass is 10.0. The fourth-order valence-corrected chi connectivity index (χ4v) is 2.48. The molecule has 1 atom stereocenters. The lowest BCUT2D eigenvalue weighted by Gasteiger charge is -2.18. The molecule has 0 radical (unpaired) electrons. The third kappa shape index (κ3) is 4.60. The maximum Gasteiger partial charge on any atom is 0.328 e. The van der Waals surface area contributed by atoms with Gasteiger partial charge in [-0.1, -0.05) is 54.2 Å². The van der Waals surface area contributed by atoms with Crippen molar-refractivity contribution in [1.82, 2.24) is 5.32 Å². The van der Waals surface area contributed by atoms with Gasteiger partial charge in [0, 0.05) is 12.0 Å². The van der Waals surface area contributed by atoms with Crippen molar-refractivity contribution < 1.29 is 13.9 Å². The highest BCUT2D eigenvalue weighted by molar-refractivity contribution is 7.80. The number of benzene rings is 2. The number of carbonyl (C=O) groups excluding carboxylic acids is 1. The van der Waals surface area contributed by atoms with Gasteiger partial charge in [0.25, 0.3) is 0 Å². The van der Waals surface area contributed by atoms with Gasteiger partial charge in [-0.2, -0.15) is 0 Å². The molecule has 120 valence electrons. The van der Waals surface area contributed by atoms with E-state index >= 15 is 0 Å². The zero-order valence-corrected chi connectivity index (χ0v) is 13.8. The second-order valence-corrected chi connectivity index (χ2v) is 5.63. The van der Waals surface area contributed by atoms with Crippen molar-refractivity contribution in [2.24, 2.45) is 0 Å². The van der Waals surface area contributed by atoms with Crippen molar-refractivity contribution >= 4 is 23.2 Å². The summed E-state index contributed by atoms with van der Waals surface area (Å²) < 4.78 is 18.6. The van der Waals surface area contributed by atoms with Crippen molar-refractivity contribution in [3.63, 3.8) is 0 Å². The van der Waals surface area contributed by atoms with E-state index in [-0.39, 0.29) is 10.6 Å². The average molecular weight is 331 g/mol. The minimum Gasteiger partial charge on any atom is -0.467 e. The Balaban J connectivity index is 2.15. The van der Waals surface area contributed by atoms with Crippen LogP contribution in [-0.4, -0.2) is 24.1 Å². The van der Waals surface area contributed by atoms with E-state index in [9.17, 15) is 9.18 Å². The summed E-state index contributed by atoms with van der Waals surface area (Å²) in [5.74, 6) is -0.867. The predicted octanol–water partition coefficient (Wildman–Crippen LogP) is 3.18. The molecule has 0 bridgehead atoms. The third-order valence-corrected chi connectivity index (χ3v) is 3.81. The van der Waals surface area contributed by atoms with Crippen LogP contribution in [0.3, 0.4) is 0 Å². The Morgan fingerprint density at radius 3 is 2.48 bits per heavy atom. The van der Waals surface area contributed by atoms with Gasteiger partial charge in [-0.3, -0.25) is 0 Å². The van der Waals surface area contributed by atoms with Gasteiger partial charge in [-0.05, 0) is 24.6 Å². The monoisotopic (exact) mass is 331 g/mol. The molecule has 0 saturated carbocycles. The number of carbonyl (C=O) groups is 1. The van der Waals surface area contributed by atoms with Crippen molar-refractivity contribution in [3.05, 3.63) is 71.0 Å². The lowest BCUT2D eigenvalue weighted by molar-refractivity contribution is -0.142. The Bertz CT molecular complexity index is 700. The number of ether oxygens (including phenoxy) is 1. The Hall–Kier alpha value is -2.27. The van der Waals surface area contributed by atoms with Crippen molar-refractivity contribution in [1.29, 1.82) is 0 Å². The summed E-state index contributed by atoms with van der Waals surface area (Å²) in [6.45, 7) is 1.99. The molecule has 1 N–H and O–H groups in total. The van der Waals surface area contributed by atoms with Gasteiger partial charge >= 0.3 is 5.97 Å². The summed E-state index contributed by atoms with van der Waals surface area (Å²) in [4.78, 5) is 12.2. The highest BCUT2D eigenvalue weighted by atomic mass is 32.1. The molecule has 0 amide bonds. The van der Waals surface area contributed by atoms with Gasteiger partial charge in [0.15, 0.2) is 0 Å². The number of rotatable bonds is 5. The molecule has 0 aliphatic rings. The van der Waals surface area contributed by atoms with E-state index in [4.69, 9.17) is 17.0 Å². The van der Waals surface area contributed by atoms with E-state index in [2.05, 4.69) is 5.32 Å². The van der Waals surface area contributed by atoms with Crippen LogP contribution in [0.4, 0.5) is 4.39 Å². The molecule has 1 unspecified atom stereocenters.